The smallest absolute Gasteiger partial charge is 0.228 e. The second-order valence-corrected chi connectivity index (χ2v) is 5.88. The third-order valence-corrected chi connectivity index (χ3v) is 4.45. The van der Waals surface area contributed by atoms with Crippen LogP contribution in [0, 0.1) is 0 Å². The first-order valence-corrected chi connectivity index (χ1v) is 7.49. The molecule has 112 valence electrons. The number of amides is 1. The average Bonchev–Trinajstić information content (AvgIpc) is 2.91. The topological polar surface area (TPSA) is 72.4 Å². The van der Waals surface area contributed by atoms with E-state index in [1.165, 1.54) is 0 Å². The first kappa shape index (κ1) is 14.1. The van der Waals surface area contributed by atoms with Crippen molar-refractivity contribution in [2.45, 2.75) is 44.2 Å². The maximum atomic E-state index is 12.4. The van der Waals surface area contributed by atoms with Gasteiger partial charge in [0, 0.05) is 24.5 Å². The zero-order chi connectivity index (χ0) is 14.8. The number of nitrogens with zero attached hydrogens (tertiary/aromatic N) is 2. The molecule has 0 atom stereocenters. The highest BCUT2D eigenvalue weighted by atomic mass is 16.5. The molecule has 1 aromatic heterocycles. The van der Waals surface area contributed by atoms with Crippen molar-refractivity contribution in [3.63, 3.8) is 0 Å². The molecule has 3 rings (SSSR count). The van der Waals surface area contributed by atoms with Crippen LogP contribution in [0.1, 0.15) is 31.4 Å². The van der Waals surface area contributed by atoms with E-state index >= 15 is 0 Å². The van der Waals surface area contributed by atoms with Gasteiger partial charge in [0.15, 0.2) is 5.58 Å². The molecular formula is C16H21N3O2. The Morgan fingerprint density at radius 1 is 1.33 bits per heavy atom. The van der Waals surface area contributed by atoms with Crippen molar-refractivity contribution in [2.24, 2.45) is 5.73 Å². The molecule has 21 heavy (non-hydrogen) atoms. The highest BCUT2D eigenvalue weighted by molar-refractivity contribution is 5.86. The molecule has 1 aliphatic rings. The standard InChI is InChI=1S/C16H21N3O2/c1-19(12-8-6-11(17)7-9-12)16(20)10-14-13-4-2-3-5-15(13)21-18-14/h2-5,11-12H,6-10,17H2,1H3. The molecule has 0 spiro atoms. The van der Waals surface area contributed by atoms with Crippen LogP contribution < -0.4 is 5.73 Å². The molecule has 0 saturated heterocycles. The minimum absolute atomic E-state index is 0.0922. The fourth-order valence-corrected chi connectivity index (χ4v) is 3.03. The Bertz CT molecular complexity index is 629. The predicted octanol–water partition coefficient (Wildman–Crippen LogP) is 2.10. The third-order valence-electron chi connectivity index (χ3n) is 4.45. The van der Waals surface area contributed by atoms with Gasteiger partial charge < -0.3 is 15.2 Å². The van der Waals surface area contributed by atoms with E-state index < -0.39 is 0 Å². The summed E-state index contributed by atoms with van der Waals surface area (Å²) in [6.07, 6.45) is 4.26. The summed E-state index contributed by atoms with van der Waals surface area (Å²) < 4.78 is 5.25. The predicted molar refractivity (Wildman–Crippen MR) is 80.7 cm³/mol. The van der Waals surface area contributed by atoms with Crippen LogP contribution in [0.3, 0.4) is 0 Å². The van der Waals surface area contributed by atoms with Gasteiger partial charge >= 0.3 is 0 Å². The molecule has 0 aliphatic heterocycles. The van der Waals surface area contributed by atoms with E-state index in [9.17, 15) is 4.79 Å². The van der Waals surface area contributed by atoms with Crippen LogP contribution in [0.25, 0.3) is 11.0 Å². The van der Waals surface area contributed by atoms with Gasteiger partial charge in [-0.2, -0.15) is 0 Å². The SMILES string of the molecule is CN(C(=O)Cc1noc2ccccc12)C1CCC(N)CC1. The number of hydrogen-bond acceptors (Lipinski definition) is 4. The Labute approximate surface area is 124 Å². The van der Waals surface area contributed by atoms with Crippen LogP contribution in [0.15, 0.2) is 28.8 Å². The van der Waals surface area contributed by atoms with Crippen molar-refractivity contribution < 1.29 is 9.32 Å². The number of carbonyl (C=O) groups excluding carboxylic acids is 1. The Morgan fingerprint density at radius 3 is 2.81 bits per heavy atom. The van der Waals surface area contributed by atoms with Crippen molar-refractivity contribution in [3.05, 3.63) is 30.0 Å². The fourth-order valence-electron chi connectivity index (χ4n) is 3.03. The summed E-state index contributed by atoms with van der Waals surface area (Å²) in [5, 5.41) is 4.95. The molecule has 1 saturated carbocycles. The van der Waals surface area contributed by atoms with Crippen molar-refractivity contribution in [1.29, 1.82) is 0 Å². The van der Waals surface area contributed by atoms with Crippen molar-refractivity contribution in [3.8, 4) is 0 Å². The maximum absolute atomic E-state index is 12.4. The van der Waals surface area contributed by atoms with Gasteiger partial charge in [-0.15, -0.1) is 0 Å². The molecule has 1 fully saturated rings. The molecule has 0 unspecified atom stereocenters. The van der Waals surface area contributed by atoms with Crippen LogP contribution in [0.2, 0.25) is 0 Å². The van der Waals surface area contributed by atoms with E-state index in [4.69, 9.17) is 10.3 Å². The Kier molecular flexibility index (Phi) is 3.92. The second-order valence-electron chi connectivity index (χ2n) is 5.88. The van der Waals surface area contributed by atoms with Gasteiger partial charge in [0.05, 0.1) is 6.42 Å². The van der Waals surface area contributed by atoms with E-state index in [0.717, 1.165) is 42.3 Å². The molecule has 5 nitrogen and oxygen atoms in total. The molecule has 0 radical (unpaired) electrons. The van der Waals surface area contributed by atoms with E-state index in [1.807, 2.05) is 36.2 Å². The summed E-state index contributed by atoms with van der Waals surface area (Å²) in [6, 6.07) is 8.23. The summed E-state index contributed by atoms with van der Waals surface area (Å²) in [5.41, 5.74) is 7.37. The zero-order valence-corrected chi connectivity index (χ0v) is 12.3. The molecule has 1 aliphatic carbocycles. The molecule has 1 heterocycles. The third kappa shape index (κ3) is 2.93. The van der Waals surface area contributed by atoms with Gasteiger partial charge in [0.25, 0.3) is 0 Å². The first-order chi connectivity index (χ1) is 10.1. The van der Waals surface area contributed by atoms with Gasteiger partial charge in [0.2, 0.25) is 5.91 Å². The minimum atomic E-state index is 0.0922. The second kappa shape index (κ2) is 5.85. The van der Waals surface area contributed by atoms with Gasteiger partial charge in [-0.1, -0.05) is 17.3 Å². The van der Waals surface area contributed by atoms with Crippen molar-refractivity contribution in [1.82, 2.24) is 10.1 Å². The summed E-state index contributed by atoms with van der Waals surface area (Å²) in [4.78, 5) is 14.3. The molecule has 1 amide bonds. The van der Waals surface area contributed by atoms with Gasteiger partial charge in [-0.25, -0.2) is 0 Å². The monoisotopic (exact) mass is 287 g/mol. The zero-order valence-electron chi connectivity index (χ0n) is 12.3. The summed E-state index contributed by atoms with van der Waals surface area (Å²) in [6.45, 7) is 0. The Morgan fingerprint density at radius 2 is 2.05 bits per heavy atom. The Hall–Kier alpha value is -1.88. The largest absolute Gasteiger partial charge is 0.356 e. The number of benzene rings is 1. The lowest BCUT2D eigenvalue weighted by Gasteiger charge is -2.33. The van der Waals surface area contributed by atoms with E-state index in [-0.39, 0.29) is 12.3 Å². The maximum Gasteiger partial charge on any atom is 0.228 e. The quantitative estimate of drug-likeness (QED) is 0.938. The number of hydrogen-bond donors (Lipinski definition) is 1. The first-order valence-electron chi connectivity index (χ1n) is 7.49. The van der Waals surface area contributed by atoms with Gasteiger partial charge in [0.1, 0.15) is 5.69 Å². The van der Waals surface area contributed by atoms with E-state index in [1.54, 1.807) is 0 Å². The van der Waals surface area contributed by atoms with Crippen molar-refractivity contribution >= 4 is 16.9 Å². The minimum Gasteiger partial charge on any atom is -0.356 e. The van der Waals surface area contributed by atoms with Crippen LogP contribution >= 0.6 is 0 Å². The van der Waals surface area contributed by atoms with Crippen LogP contribution in [-0.4, -0.2) is 35.1 Å². The average molecular weight is 287 g/mol. The highest BCUT2D eigenvalue weighted by Gasteiger charge is 2.25. The molecule has 0 bridgehead atoms. The van der Waals surface area contributed by atoms with Crippen LogP contribution in [0.4, 0.5) is 0 Å². The van der Waals surface area contributed by atoms with E-state index in [0.29, 0.717) is 12.1 Å². The lowest BCUT2D eigenvalue weighted by atomic mass is 9.91. The number of nitrogens with two attached hydrogens (primary N) is 1. The molecule has 2 N–H and O–H groups in total. The number of fused-ring (bicyclic) bond motifs is 1. The van der Waals surface area contributed by atoms with Crippen molar-refractivity contribution in [2.75, 3.05) is 7.05 Å². The molecular weight excluding hydrogens is 266 g/mol. The Balaban J connectivity index is 1.68. The molecule has 5 heteroatoms. The number of likely N-dealkylation sites (N-methyl/N-ethyl adjacent to an activating group) is 1. The molecule has 2 aromatic rings. The fraction of sp³-hybridized carbons (Fsp3) is 0.500. The van der Waals surface area contributed by atoms with Gasteiger partial charge in [-0.3, -0.25) is 4.79 Å². The number of para-hydroxylation sites is 1. The lowest BCUT2D eigenvalue weighted by molar-refractivity contribution is -0.131. The number of aromatic nitrogens is 1. The summed E-state index contributed by atoms with van der Waals surface area (Å²) in [7, 11) is 1.88. The normalized spacial score (nSPS) is 22.4. The summed E-state index contributed by atoms with van der Waals surface area (Å²) >= 11 is 0. The highest BCUT2D eigenvalue weighted by Crippen LogP contribution is 2.23. The number of carbonyl (C=O) groups is 1. The van der Waals surface area contributed by atoms with Gasteiger partial charge in [-0.05, 0) is 37.8 Å². The summed E-state index contributed by atoms with van der Waals surface area (Å²) in [5.74, 6) is 0.0922. The van der Waals surface area contributed by atoms with Crippen LogP contribution in [0.5, 0.6) is 0 Å². The molecule has 1 aromatic carbocycles. The van der Waals surface area contributed by atoms with E-state index in [2.05, 4.69) is 5.16 Å². The number of rotatable bonds is 3. The van der Waals surface area contributed by atoms with Crippen LogP contribution in [-0.2, 0) is 11.2 Å². The lowest BCUT2D eigenvalue weighted by Crippen LogP contribution is -2.42.